The second-order valence-electron chi connectivity index (χ2n) is 3.19. The van der Waals surface area contributed by atoms with Gasteiger partial charge < -0.3 is 24.8 Å². The van der Waals surface area contributed by atoms with Crippen molar-refractivity contribution >= 4 is 40.7 Å². The summed E-state index contributed by atoms with van der Waals surface area (Å²) in [5, 5.41) is 35.1. The summed E-state index contributed by atoms with van der Waals surface area (Å²) in [5.41, 5.74) is 0. The van der Waals surface area contributed by atoms with Gasteiger partial charge in [-0.3, -0.25) is 5.41 Å². The number of ether oxygens (including phenoxy) is 2. The number of aliphatic hydroxyl groups is 3. The molecular formula is C7H10Ac3Cl3NO5. The fourth-order valence-corrected chi connectivity index (χ4v) is 1.20. The smallest absolute Gasteiger partial charge is 0.265 e. The van der Waals surface area contributed by atoms with Crippen LogP contribution >= 0.6 is 34.8 Å². The largest absolute Gasteiger partial charge is 0.445 e. The minimum Gasteiger partial charge on any atom is -0.445 e. The first kappa shape index (κ1) is 28.3. The van der Waals surface area contributed by atoms with E-state index in [0.717, 1.165) is 0 Å². The van der Waals surface area contributed by atoms with Crippen LogP contribution in [0, 0.1) is 138 Å². The molecule has 1 fully saturated rings. The van der Waals surface area contributed by atoms with Crippen molar-refractivity contribution in [2.45, 2.75) is 28.4 Å². The van der Waals surface area contributed by atoms with E-state index >= 15 is 0 Å². The van der Waals surface area contributed by atoms with Crippen LogP contribution in [-0.2, 0) is 9.47 Å². The predicted octanol–water partition coefficient (Wildman–Crippen LogP) is -0.211. The zero-order valence-electron chi connectivity index (χ0n) is 9.54. The van der Waals surface area contributed by atoms with Gasteiger partial charge in [0, 0.05) is 132 Å². The molecule has 0 amide bonds. The summed E-state index contributed by atoms with van der Waals surface area (Å²) in [6.07, 6.45) is -5.56. The molecule has 0 saturated carbocycles. The van der Waals surface area contributed by atoms with Crippen LogP contribution in [0.1, 0.15) is 0 Å². The molecule has 0 aromatic carbocycles. The average molecular weight is 976 g/mol. The van der Waals surface area contributed by atoms with Crippen molar-refractivity contribution in [2.24, 2.45) is 0 Å². The van der Waals surface area contributed by atoms with Gasteiger partial charge in [-0.05, 0) is 0 Å². The van der Waals surface area contributed by atoms with Crippen molar-refractivity contribution in [1.29, 1.82) is 5.41 Å². The summed E-state index contributed by atoms with van der Waals surface area (Å²) in [5.74, 6) is -0.745. The molecule has 1 aliphatic heterocycles. The Kier molecular flexibility index (Phi) is 19.1. The molecule has 0 aliphatic carbocycles. The van der Waals surface area contributed by atoms with Crippen LogP contribution in [0.3, 0.4) is 0 Å². The molecule has 6 nitrogen and oxygen atoms in total. The van der Waals surface area contributed by atoms with E-state index in [4.69, 9.17) is 54.8 Å². The molecule has 1 unspecified atom stereocenters. The number of hydrogen-bond donors (Lipinski definition) is 4. The standard InChI is InChI=1S/C7H10Cl3NO5.3Ac/c8-7(9,10)6(11)16-5-4(14)3(13)2(12)1-15-5;;;/h2-5,11-14H,1H2;;;/t2-,3+,4?,5-;;;/m1.../s1. The van der Waals surface area contributed by atoms with Crippen LogP contribution in [-0.4, -0.2) is 56.2 Å². The Bertz CT molecular complexity index is 283. The van der Waals surface area contributed by atoms with Gasteiger partial charge in [-0.25, -0.2) is 0 Å². The van der Waals surface area contributed by atoms with E-state index in [-0.39, 0.29) is 139 Å². The second kappa shape index (κ2) is 12.8. The minimum atomic E-state index is -2.08. The van der Waals surface area contributed by atoms with E-state index in [9.17, 15) is 10.2 Å². The zero-order valence-corrected chi connectivity index (χ0v) is 26.0. The summed E-state index contributed by atoms with van der Waals surface area (Å²) in [4.78, 5) is 0. The third kappa shape index (κ3) is 9.53. The number of rotatable bonds is 1. The first-order valence-corrected chi connectivity index (χ1v) is 5.35. The molecule has 0 bridgehead atoms. The van der Waals surface area contributed by atoms with Gasteiger partial charge in [-0.2, -0.15) is 0 Å². The quantitative estimate of drug-likeness (QED) is 0.166. The third-order valence-electron chi connectivity index (χ3n) is 1.95. The Morgan fingerprint density at radius 2 is 1.58 bits per heavy atom. The molecule has 1 aliphatic rings. The molecule has 4 atom stereocenters. The maximum atomic E-state index is 9.44. The van der Waals surface area contributed by atoms with Crippen molar-refractivity contribution in [1.82, 2.24) is 0 Å². The maximum absolute atomic E-state index is 9.44. The minimum absolute atomic E-state index is 0. The second-order valence-corrected chi connectivity index (χ2v) is 5.48. The zero-order chi connectivity index (χ0) is 12.5. The van der Waals surface area contributed by atoms with E-state index in [1.165, 1.54) is 0 Å². The topological polar surface area (TPSA) is 103 Å². The van der Waals surface area contributed by atoms with Crippen LogP contribution in [0.15, 0.2) is 0 Å². The van der Waals surface area contributed by atoms with E-state index in [1.807, 2.05) is 0 Å². The molecule has 3 radical (unpaired) electrons. The van der Waals surface area contributed by atoms with Gasteiger partial charge in [0.15, 0.2) is 0 Å². The van der Waals surface area contributed by atoms with Crippen LogP contribution in [0.2, 0.25) is 0 Å². The summed E-state index contributed by atoms with van der Waals surface area (Å²) < 4.78 is 7.49. The number of alkyl halides is 3. The molecule has 12 heteroatoms. The predicted molar refractivity (Wildman–Crippen MR) is 56.9 cm³/mol. The molecular weight excluding hydrogens is 965 g/mol. The van der Waals surface area contributed by atoms with Crippen molar-refractivity contribution in [3.63, 3.8) is 0 Å². The average Bonchev–Trinajstić information content (AvgIpc) is 2.17. The summed E-state index contributed by atoms with van der Waals surface area (Å²) in [6, 6.07) is 0. The van der Waals surface area contributed by atoms with Crippen molar-refractivity contribution in [3.8, 4) is 0 Å². The van der Waals surface area contributed by atoms with Gasteiger partial charge in [0.05, 0.1) is 6.61 Å². The molecule has 0 aromatic rings. The Labute approximate surface area is 232 Å². The summed E-state index contributed by atoms with van der Waals surface area (Å²) in [7, 11) is 0. The Hall–Kier alpha value is 4.50. The third-order valence-corrected chi connectivity index (χ3v) is 2.46. The van der Waals surface area contributed by atoms with E-state index in [1.54, 1.807) is 0 Å². The van der Waals surface area contributed by atoms with E-state index < -0.39 is 34.3 Å². The van der Waals surface area contributed by atoms with Crippen molar-refractivity contribution in [2.75, 3.05) is 6.61 Å². The van der Waals surface area contributed by atoms with Crippen molar-refractivity contribution in [3.05, 3.63) is 0 Å². The van der Waals surface area contributed by atoms with E-state index in [0.29, 0.717) is 0 Å². The molecule has 0 spiro atoms. The fraction of sp³-hybridized carbons (Fsp3) is 0.857. The number of halogens is 3. The SMILES string of the molecule is N=C(O[C@H]1OC[C@@H](O)[C@H](O)C1O)C(Cl)(Cl)Cl.[Ac].[Ac].[Ac]. The van der Waals surface area contributed by atoms with Crippen LogP contribution in [0.5, 0.6) is 0 Å². The number of aliphatic hydroxyl groups excluding tert-OH is 3. The fourth-order valence-electron chi connectivity index (χ4n) is 1.07. The molecule has 19 heavy (non-hydrogen) atoms. The van der Waals surface area contributed by atoms with Crippen LogP contribution < -0.4 is 0 Å². The maximum Gasteiger partial charge on any atom is 0.265 e. The van der Waals surface area contributed by atoms with Gasteiger partial charge in [0.2, 0.25) is 12.2 Å². The van der Waals surface area contributed by atoms with Crippen LogP contribution in [0.4, 0.5) is 0 Å². The van der Waals surface area contributed by atoms with Gasteiger partial charge in [-0.1, -0.05) is 34.8 Å². The van der Waals surface area contributed by atoms with Gasteiger partial charge >= 0.3 is 0 Å². The Morgan fingerprint density at radius 3 is 2.00 bits per heavy atom. The normalized spacial score (nSPS) is 30.2. The molecule has 0 aromatic heterocycles. The molecule has 1 rings (SSSR count). The number of hydrogen-bond acceptors (Lipinski definition) is 6. The van der Waals surface area contributed by atoms with E-state index in [2.05, 4.69) is 0 Å². The van der Waals surface area contributed by atoms with Gasteiger partial charge in [-0.15, -0.1) is 0 Å². The van der Waals surface area contributed by atoms with Crippen LogP contribution in [0.25, 0.3) is 0 Å². The first-order valence-electron chi connectivity index (χ1n) is 4.21. The molecule has 4 N–H and O–H groups in total. The molecule has 1 heterocycles. The Morgan fingerprint density at radius 1 is 1.11 bits per heavy atom. The first-order chi connectivity index (χ1) is 7.23. The Balaban J connectivity index is -0.000000853. The van der Waals surface area contributed by atoms with Crippen molar-refractivity contribution < 1.29 is 157 Å². The van der Waals surface area contributed by atoms with Gasteiger partial charge in [0.25, 0.3) is 3.79 Å². The van der Waals surface area contributed by atoms with Gasteiger partial charge in [0.1, 0.15) is 18.3 Å². The summed E-state index contributed by atoms with van der Waals surface area (Å²) >= 11 is 16.0. The molecule has 1 saturated heterocycles. The molecule has 103 valence electrons. The number of nitrogens with one attached hydrogen (secondary N) is 1. The summed E-state index contributed by atoms with van der Waals surface area (Å²) in [6.45, 7) is -0.254. The monoisotopic (exact) mass is 974 g/mol.